The predicted molar refractivity (Wildman–Crippen MR) is 71.5 cm³/mol. The molecule has 1 aromatic heterocycles. The van der Waals surface area contributed by atoms with Crippen molar-refractivity contribution >= 4 is 11.6 Å². The van der Waals surface area contributed by atoms with E-state index in [4.69, 9.17) is 0 Å². The molecular weight excluding hydrogens is 212 g/mol. The first-order valence-corrected chi connectivity index (χ1v) is 6.53. The lowest BCUT2D eigenvalue weighted by Gasteiger charge is -2.32. The molecule has 0 aromatic carbocycles. The average Bonchev–Trinajstić information content (AvgIpc) is 2.28. The molecule has 1 aliphatic heterocycles. The van der Waals surface area contributed by atoms with Crippen LogP contribution in [0.1, 0.15) is 32.5 Å². The van der Waals surface area contributed by atoms with Gasteiger partial charge in [0.15, 0.2) is 0 Å². The van der Waals surface area contributed by atoms with Gasteiger partial charge in [-0.05, 0) is 32.6 Å². The van der Waals surface area contributed by atoms with Crippen molar-refractivity contribution in [3.05, 3.63) is 11.9 Å². The zero-order chi connectivity index (χ0) is 12.3. The van der Waals surface area contributed by atoms with Gasteiger partial charge in [-0.3, -0.25) is 0 Å². The Morgan fingerprint density at radius 2 is 2.29 bits per heavy atom. The third-order valence-corrected chi connectivity index (χ3v) is 3.16. The molecule has 4 nitrogen and oxygen atoms in total. The minimum Gasteiger partial charge on any atom is -0.370 e. The molecule has 0 saturated carbocycles. The topological polar surface area (TPSA) is 41.0 Å². The summed E-state index contributed by atoms with van der Waals surface area (Å²) in [6.07, 6.45) is 2.60. The Kier molecular flexibility index (Phi) is 3.82. The quantitative estimate of drug-likeness (QED) is 0.872. The zero-order valence-electron chi connectivity index (χ0n) is 11.0. The van der Waals surface area contributed by atoms with E-state index in [1.165, 1.54) is 12.8 Å². The van der Waals surface area contributed by atoms with Crippen LogP contribution >= 0.6 is 0 Å². The van der Waals surface area contributed by atoms with Gasteiger partial charge in [0, 0.05) is 25.7 Å². The first-order valence-electron chi connectivity index (χ1n) is 6.53. The maximum atomic E-state index is 4.55. The second-order valence-corrected chi connectivity index (χ2v) is 4.88. The summed E-state index contributed by atoms with van der Waals surface area (Å²) in [5.74, 6) is 3.62. The SMILES string of the molecule is CCNc1cc(N2CCCC(C)C2)nc(C)n1. The van der Waals surface area contributed by atoms with Crippen LogP contribution in [-0.4, -0.2) is 29.6 Å². The summed E-state index contributed by atoms with van der Waals surface area (Å²) in [7, 11) is 0. The summed E-state index contributed by atoms with van der Waals surface area (Å²) >= 11 is 0. The van der Waals surface area contributed by atoms with Crippen molar-refractivity contribution < 1.29 is 0 Å². The standard InChI is InChI=1S/C13H22N4/c1-4-14-12-8-13(16-11(3)15-12)17-7-5-6-10(2)9-17/h8,10H,4-7,9H2,1-3H3,(H,14,15,16). The third-order valence-electron chi connectivity index (χ3n) is 3.16. The number of nitrogens with zero attached hydrogens (tertiary/aromatic N) is 3. The molecule has 0 amide bonds. The number of hydrogen-bond donors (Lipinski definition) is 1. The van der Waals surface area contributed by atoms with E-state index in [0.29, 0.717) is 0 Å². The fourth-order valence-electron chi connectivity index (χ4n) is 2.38. The van der Waals surface area contributed by atoms with Gasteiger partial charge in [-0.2, -0.15) is 0 Å². The number of rotatable bonds is 3. The summed E-state index contributed by atoms with van der Waals surface area (Å²) < 4.78 is 0. The van der Waals surface area contributed by atoms with Gasteiger partial charge < -0.3 is 10.2 Å². The molecule has 4 heteroatoms. The first kappa shape index (κ1) is 12.1. The number of aromatic nitrogens is 2. The molecule has 1 unspecified atom stereocenters. The third kappa shape index (κ3) is 3.08. The molecule has 1 aliphatic rings. The van der Waals surface area contributed by atoms with Gasteiger partial charge >= 0.3 is 0 Å². The minimum absolute atomic E-state index is 0.765. The highest BCUT2D eigenvalue weighted by Gasteiger charge is 2.18. The van der Waals surface area contributed by atoms with E-state index < -0.39 is 0 Å². The molecule has 2 rings (SSSR count). The van der Waals surface area contributed by atoms with Gasteiger partial charge in [-0.15, -0.1) is 0 Å². The van der Waals surface area contributed by atoms with Gasteiger partial charge in [0.25, 0.3) is 0 Å². The lowest BCUT2D eigenvalue weighted by Crippen LogP contribution is -2.35. The van der Waals surface area contributed by atoms with Crippen molar-refractivity contribution in [2.75, 3.05) is 29.9 Å². The summed E-state index contributed by atoms with van der Waals surface area (Å²) in [6, 6.07) is 2.06. The average molecular weight is 234 g/mol. The van der Waals surface area contributed by atoms with Crippen molar-refractivity contribution in [2.45, 2.75) is 33.6 Å². The van der Waals surface area contributed by atoms with Crippen molar-refractivity contribution in [2.24, 2.45) is 5.92 Å². The van der Waals surface area contributed by atoms with E-state index >= 15 is 0 Å². The van der Waals surface area contributed by atoms with Gasteiger partial charge in [-0.25, -0.2) is 9.97 Å². The van der Waals surface area contributed by atoms with Crippen LogP contribution in [0.4, 0.5) is 11.6 Å². The van der Waals surface area contributed by atoms with Gasteiger partial charge in [0.05, 0.1) is 0 Å². The Morgan fingerprint density at radius 3 is 3.00 bits per heavy atom. The molecule has 0 spiro atoms. The Labute approximate surface area is 103 Å². The Balaban J connectivity index is 2.18. The van der Waals surface area contributed by atoms with Crippen molar-refractivity contribution in [3.63, 3.8) is 0 Å². The largest absolute Gasteiger partial charge is 0.370 e. The van der Waals surface area contributed by atoms with Crippen molar-refractivity contribution in [1.29, 1.82) is 0 Å². The van der Waals surface area contributed by atoms with E-state index in [9.17, 15) is 0 Å². The van der Waals surface area contributed by atoms with Crippen LogP contribution in [0.15, 0.2) is 6.07 Å². The summed E-state index contributed by atoms with van der Waals surface area (Å²) in [4.78, 5) is 11.3. The van der Waals surface area contributed by atoms with Gasteiger partial charge in [0.2, 0.25) is 0 Å². The second kappa shape index (κ2) is 5.34. The maximum absolute atomic E-state index is 4.55. The summed E-state index contributed by atoms with van der Waals surface area (Å²) in [5, 5.41) is 3.26. The molecule has 94 valence electrons. The molecule has 17 heavy (non-hydrogen) atoms. The van der Waals surface area contributed by atoms with Gasteiger partial charge in [0.1, 0.15) is 17.5 Å². The van der Waals surface area contributed by atoms with Crippen LogP contribution in [-0.2, 0) is 0 Å². The molecule has 1 atom stereocenters. The smallest absolute Gasteiger partial charge is 0.134 e. The highest BCUT2D eigenvalue weighted by atomic mass is 15.2. The molecule has 0 bridgehead atoms. The summed E-state index contributed by atoms with van der Waals surface area (Å²) in [6.45, 7) is 9.48. The normalized spacial score (nSPS) is 20.4. The van der Waals surface area contributed by atoms with E-state index in [1.807, 2.05) is 6.92 Å². The van der Waals surface area contributed by atoms with Crippen LogP contribution in [0.5, 0.6) is 0 Å². The zero-order valence-corrected chi connectivity index (χ0v) is 11.0. The Bertz CT molecular complexity index is 378. The fourth-order valence-corrected chi connectivity index (χ4v) is 2.38. The van der Waals surface area contributed by atoms with Crippen LogP contribution < -0.4 is 10.2 Å². The number of nitrogens with one attached hydrogen (secondary N) is 1. The van der Waals surface area contributed by atoms with E-state index in [0.717, 1.165) is 43.0 Å². The molecule has 1 saturated heterocycles. The number of hydrogen-bond acceptors (Lipinski definition) is 4. The molecule has 1 aromatic rings. The second-order valence-electron chi connectivity index (χ2n) is 4.88. The molecule has 2 heterocycles. The van der Waals surface area contributed by atoms with E-state index in [2.05, 4.69) is 40.1 Å². The van der Waals surface area contributed by atoms with Crippen LogP contribution in [0.2, 0.25) is 0 Å². The molecule has 1 N–H and O–H groups in total. The van der Waals surface area contributed by atoms with Gasteiger partial charge in [-0.1, -0.05) is 6.92 Å². The van der Waals surface area contributed by atoms with E-state index in [1.54, 1.807) is 0 Å². The van der Waals surface area contributed by atoms with E-state index in [-0.39, 0.29) is 0 Å². The molecule has 0 aliphatic carbocycles. The lowest BCUT2D eigenvalue weighted by molar-refractivity contribution is 0.444. The number of anilines is 2. The van der Waals surface area contributed by atoms with Crippen molar-refractivity contribution in [1.82, 2.24) is 9.97 Å². The predicted octanol–water partition coefficient (Wildman–Crippen LogP) is 2.45. The molecule has 1 fully saturated rings. The van der Waals surface area contributed by atoms with Crippen LogP contribution in [0, 0.1) is 12.8 Å². The first-order chi connectivity index (χ1) is 8.19. The number of piperidine rings is 1. The monoisotopic (exact) mass is 234 g/mol. The maximum Gasteiger partial charge on any atom is 0.134 e. The summed E-state index contributed by atoms with van der Waals surface area (Å²) in [5.41, 5.74) is 0. The molecule has 0 radical (unpaired) electrons. The van der Waals surface area contributed by atoms with Crippen molar-refractivity contribution in [3.8, 4) is 0 Å². The Hall–Kier alpha value is -1.32. The number of aryl methyl sites for hydroxylation is 1. The highest BCUT2D eigenvalue weighted by molar-refractivity contribution is 5.49. The van der Waals surface area contributed by atoms with Crippen LogP contribution in [0.25, 0.3) is 0 Å². The minimum atomic E-state index is 0.765. The Morgan fingerprint density at radius 1 is 1.47 bits per heavy atom. The highest BCUT2D eigenvalue weighted by Crippen LogP contribution is 2.22. The molecular formula is C13H22N4. The lowest BCUT2D eigenvalue weighted by atomic mass is 10.0. The van der Waals surface area contributed by atoms with Crippen LogP contribution in [0.3, 0.4) is 0 Å². The fraction of sp³-hybridized carbons (Fsp3) is 0.692.